The molecule has 184 valence electrons. The zero-order valence-electron chi connectivity index (χ0n) is 18.6. The van der Waals surface area contributed by atoms with Gasteiger partial charge in [0.2, 0.25) is 0 Å². The molecule has 0 amide bonds. The first-order chi connectivity index (χ1) is 16.4. The number of pyridine rings is 1. The lowest BCUT2D eigenvalue weighted by molar-refractivity contribution is 0.397. The van der Waals surface area contributed by atoms with E-state index in [2.05, 4.69) is 15.6 Å². The number of rotatable bonds is 8. The SMILES string of the molecule is COc1ccc(Nc2cc(C)c(C#N)c(Nc3ccc(OC)c(S(=O)(=O)O)c3)n2)cc1S(=O)(=O)O. The second-order valence-corrected chi connectivity index (χ2v) is 9.87. The molecule has 0 radical (unpaired) electrons. The highest BCUT2D eigenvalue weighted by molar-refractivity contribution is 7.86. The fourth-order valence-electron chi connectivity index (χ4n) is 3.16. The topological polar surface area (TPSA) is 188 Å². The van der Waals surface area contributed by atoms with Crippen molar-refractivity contribution in [2.75, 3.05) is 24.9 Å². The lowest BCUT2D eigenvalue weighted by Crippen LogP contribution is -2.06. The zero-order chi connectivity index (χ0) is 26.0. The molecule has 14 heteroatoms. The molecule has 0 spiro atoms. The molecule has 12 nitrogen and oxygen atoms in total. The minimum Gasteiger partial charge on any atom is -0.495 e. The van der Waals surface area contributed by atoms with Crippen LogP contribution in [0.25, 0.3) is 0 Å². The highest BCUT2D eigenvalue weighted by Gasteiger charge is 2.20. The van der Waals surface area contributed by atoms with Gasteiger partial charge >= 0.3 is 0 Å². The summed E-state index contributed by atoms with van der Waals surface area (Å²) in [6, 6.07) is 11.4. The number of aryl methyl sites for hydroxylation is 1. The lowest BCUT2D eigenvalue weighted by Gasteiger charge is -2.15. The van der Waals surface area contributed by atoms with Gasteiger partial charge in [-0.15, -0.1) is 0 Å². The number of nitriles is 1. The van der Waals surface area contributed by atoms with E-state index < -0.39 is 30.0 Å². The van der Waals surface area contributed by atoms with E-state index in [1.165, 1.54) is 38.5 Å². The molecule has 0 atom stereocenters. The summed E-state index contributed by atoms with van der Waals surface area (Å²) in [4.78, 5) is 3.40. The molecule has 0 saturated carbocycles. The van der Waals surface area contributed by atoms with Crippen LogP contribution in [0.5, 0.6) is 11.5 Å². The van der Waals surface area contributed by atoms with Crippen molar-refractivity contribution in [2.45, 2.75) is 16.7 Å². The molecular formula is C21H20N4O8S2. The maximum atomic E-state index is 11.7. The van der Waals surface area contributed by atoms with E-state index in [1.54, 1.807) is 13.0 Å². The number of methoxy groups -OCH3 is 2. The van der Waals surface area contributed by atoms with Gasteiger partial charge in [-0.05, 0) is 55.0 Å². The molecule has 0 aliphatic rings. The summed E-state index contributed by atoms with van der Waals surface area (Å²) in [7, 11) is -6.66. The standard InChI is InChI=1S/C21H20N4O8S2/c1-12-8-20(23-13-4-6-16(32-2)18(9-13)34(26,27)28)25-21(15(12)11-22)24-14-5-7-17(33-3)19(10-14)35(29,30)31/h4-10H,1-3H3,(H2,23,24,25)(H,26,27,28)(H,29,30,31). The Kier molecular flexibility index (Phi) is 7.17. The smallest absolute Gasteiger partial charge is 0.298 e. The van der Waals surface area contributed by atoms with Gasteiger partial charge in [-0.25, -0.2) is 4.98 Å². The fourth-order valence-corrected chi connectivity index (χ4v) is 4.53. The van der Waals surface area contributed by atoms with Crippen LogP contribution in [0.4, 0.5) is 23.0 Å². The number of benzene rings is 2. The average Bonchev–Trinajstić information content (AvgIpc) is 2.78. The molecule has 1 heterocycles. The number of nitrogens with zero attached hydrogens (tertiary/aromatic N) is 2. The number of hydrogen-bond donors (Lipinski definition) is 4. The number of anilines is 4. The van der Waals surface area contributed by atoms with Crippen molar-refractivity contribution in [3.63, 3.8) is 0 Å². The fraction of sp³-hybridized carbons (Fsp3) is 0.143. The Hall–Kier alpha value is -3.90. The number of hydrogen-bond acceptors (Lipinski definition) is 10. The van der Waals surface area contributed by atoms with E-state index in [4.69, 9.17) is 9.47 Å². The van der Waals surface area contributed by atoms with Gasteiger partial charge in [0.1, 0.15) is 33.2 Å². The van der Waals surface area contributed by atoms with Crippen molar-refractivity contribution in [3.8, 4) is 17.6 Å². The largest absolute Gasteiger partial charge is 0.495 e. The summed E-state index contributed by atoms with van der Waals surface area (Å²) in [5, 5.41) is 15.3. The predicted molar refractivity (Wildman–Crippen MR) is 126 cm³/mol. The summed E-state index contributed by atoms with van der Waals surface area (Å²) < 4.78 is 75.6. The normalized spacial score (nSPS) is 11.4. The third kappa shape index (κ3) is 5.78. The second kappa shape index (κ2) is 9.76. The van der Waals surface area contributed by atoms with Crippen molar-refractivity contribution in [1.82, 2.24) is 4.98 Å². The van der Waals surface area contributed by atoms with E-state index in [0.29, 0.717) is 5.56 Å². The van der Waals surface area contributed by atoms with Crippen molar-refractivity contribution in [1.29, 1.82) is 5.26 Å². The third-order valence-electron chi connectivity index (χ3n) is 4.75. The number of nitrogens with one attached hydrogen (secondary N) is 2. The monoisotopic (exact) mass is 520 g/mol. The summed E-state index contributed by atoms with van der Waals surface area (Å²) in [5.41, 5.74) is 1.10. The van der Waals surface area contributed by atoms with Crippen molar-refractivity contribution < 1.29 is 35.4 Å². The average molecular weight is 521 g/mol. The first-order valence-corrected chi connectivity index (χ1v) is 12.5. The van der Waals surface area contributed by atoms with E-state index in [9.17, 15) is 31.2 Å². The van der Waals surface area contributed by atoms with Crippen LogP contribution in [0, 0.1) is 18.3 Å². The molecule has 1 aromatic heterocycles. The second-order valence-electron chi connectivity index (χ2n) is 7.09. The Balaban J connectivity index is 2.04. The van der Waals surface area contributed by atoms with Crippen molar-refractivity contribution >= 4 is 43.2 Å². The molecular weight excluding hydrogens is 500 g/mol. The van der Waals surface area contributed by atoms with E-state index in [-0.39, 0.29) is 40.1 Å². The first-order valence-electron chi connectivity index (χ1n) is 9.64. The quantitative estimate of drug-likeness (QED) is 0.318. The highest BCUT2D eigenvalue weighted by Crippen LogP contribution is 2.32. The minimum absolute atomic E-state index is 0.0569. The van der Waals surface area contributed by atoms with Crippen LogP contribution in [-0.4, -0.2) is 45.1 Å². The molecule has 35 heavy (non-hydrogen) atoms. The van der Waals surface area contributed by atoms with Crippen LogP contribution in [0.3, 0.4) is 0 Å². The van der Waals surface area contributed by atoms with E-state index in [1.807, 2.05) is 6.07 Å². The molecule has 0 aliphatic carbocycles. The van der Waals surface area contributed by atoms with Gasteiger partial charge in [0.15, 0.2) is 5.82 Å². The molecule has 3 aromatic rings. The van der Waals surface area contributed by atoms with E-state index >= 15 is 0 Å². The van der Waals surface area contributed by atoms with Gasteiger partial charge < -0.3 is 20.1 Å². The third-order valence-corrected chi connectivity index (χ3v) is 6.50. The Morgan fingerprint density at radius 1 is 0.857 bits per heavy atom. The zero-order valence-corrected chi connectivity index (χ0v) is 20.2. The minimum atomic E-state index is -4.60. The summed E-state index contributed by atoms with van der Waals surface area (Å²) in [6.45, 7) is 1.64. The van der Waals surface area contributed by atoms with Crippen LogP contribution in [0.15, 0.2) is 52.3 Å². The first kappa shape index (κ1) is 25.7. The van der Waals surface area contributed by atoms with Crippen molar-refractivity contribution in [2.24, 2.45) is 0 Å². The maximum Gasteiger partial charge on any atom is 0.298 e. The Morgan fingerprint density at radius 2 is 1.34 bits per heavy atom. The van der Waals surface area contributed by atoms with Gasteiger partial charge in [0.05, 0.1) is 19.8 Å². The van der Waals surface area contributed by atoms with Gasteiger partial charge in [0.25, 0.3) is 20.2 Å². The van der Waals surface area contributed by atoms with Gasteiger partial charge in [-0.3, -0.25) is 9.11 Å². The molecule has 0 saturated heterocycles. The van der Waals surface area contributed by atoms with Crippen LogP contribution >= 0.6 is 0 Å². The van der Waals surface area contributed by atoms with Gasteiger partial charge in [-0.1, -0.05) is 0 Å². The van der Waals surface area contributed by atoms with Crippen LogP contribution in [0.2, 0.25) is 0 Å². The molecule has 2 aromatic carbocycles. The molecule has 0 aliphatic heterocycles. The molecule has 0 bridgehead atoms. The lowest BCUT2D eigenvalue weighted by atomic mass is 10.1. The van der Waals surface area contributed by atoms with E-state index in [0.717, 1.165) is 12.1 Å². The highest BCUT2D eigenvalue weighted by atomic mass is 32.2. The van der Waals surface area contributed by atoms with Crippen LogP contribution in [0.1, 0.15) is 11.1 Å². The Labute approximate surface area is 201 Å². The summed E-state index contributed by atoms with van der Waals surface area (Å²) in [6.07, 6.45) is 0. The summed E-state index contributed by atoms with van der Waals surface area (Å²) in [5.74, 6) is 0.134. The maximum absolute atomic E-state index is 11.7. The van der Waals surface area contributed by atoms with Gasteiger partial charge in [0, 0.05) is 11.4 Å². The number of ether oxygens (including phenoxy) is 2. The van der Waals surface area contributed by atoms with Crippen molar-refractivity contribution in [3.05, 3.63) is 53.6 Å². The Morgan fingerprint density at radius 3 is 1.77 bits per heavy atom. The predicted octanol–water partition coefficient (Wildman–Crippen LogP) is 3.26. The van der Waals surface area contributed by atoms with Crippen LogP contribution < -0.4 is 20.1 Å². The summed E-state index contributed by atoms with van der Waals surface area (Å²) >= 11 is 0. The molecule has 0 fully saturated rings. The van der Waals surface area contributed by atoms with Gasteiger partial charge in [-0.2, -0.15) is 22.1 Å². The number of aromatic nitrogens is 1. The van der Waals surface area contributed by atoms with Crippen LogP contribution in [-0.2, 0) is 20.2 Å². The molecule has 0 unspecified atom stereocenters. The Bertz CT molecular complexity index is 1550. The molecule has 3 rings (SSSR count). The molecule has 4 N–H and O–H groups in total.